The Hall–Kier alpha value is -2.09. The molecule has 0 unspecified atom stereocenters. The van der Waals surface area contributed by atoms with Gasteiger partial charge in [0.25, 0.3) is 0 Å². The van der Waals surface area contributed by atoms with Crippen molar-refractivity contribution in [2.45, 2.75) is 25.8 Å². The Morgan fingerprint density at radius 3 is 2.85 bits per heavy atom. The van der Waals surface area contributed by atoms with Crippen molar-refractivity contribution in [1.29, 1.82) is 0 Å². The molecule has 1 aromatic rings. The number of aromatic amines is 1. The topological polar surface area (TPSA) is 119 Å². The molecule has 5 N–H and O–H groups in total. The van der Waals surface area contributed by atoms with Gasteiger partial charge in [0.1, 0.15) is 6.04 Å². The summed E-state index contributed by atoms with van der Waals surface area (Å²) in [5.74, 6) is -1.08. The summed E-state index contributed by atoms with van der Waals surface area (Å²) in [6.07, 6.45) is 3.96. The zero-order chi connectivity index (χ0) is 14.8. The molecule has 20 heavy (non-hydrogen) atoms. The van der Waals surface area contributed by atoms with Gasteiger partial charge in [-0.05, 0) is 19.5 Å². The number of carbonyl (C=O) groups excluding carboxylic acids is 1. The molecule has 0 spiro atoms. The second kappa shape index (κ2) is 8.92. The SMILES string of the molecule is CCNCCCNC(=O)N[C@@H](Cc1cnc[nH]1)C(=O)O. The molecule has 0 saturated carbocycles. The first-order valence-corrected chi connectivity index (χ1v) is 6.58. The normalized spacial score (nSPS) is 11.8. The maximum Gasteiger partial charge on any atom is 0.326 e. The number of nitrogens with one attached hydrogen (secondary N) is 4. The molecule has 1 aromatic heterocycles. The average Bonchev–Trinajstić information content (AvgIpc) is 2.90. The first kappa shape index (κ1) is 16.0. The van der Waals surface area contributed by atoms with Crippen LogP contribution in [0.3, 0.4) is 0 Å². The zero-order valence-electron chi connectivity index (χ0n) is 11.5. The van der Waals surface area contributed by atoms with Gasteiger partial charge in [0.05, 0.1) is 6.33 Å². The summed E-state index contributed by atoms with van der Waals surface area (Å²) in [6, 6.07) is -1.46. The molecule has 0 aromatic carbocycles. The molecule has 1 rings (SSSR count). The number of nitrogens with zero attached hydrogens (tertiary/aromatic N) is 1. The molecule has 8 heteroatoms. The molecule has 0 radical (unpaired) electrons. The van der Waals surface area contributed by atoms with Crippen molar-refractivity contribution in [2.24, 2.45) is 0 Å². The molecule has 0 aliphatic carbocycles. The van der Waals surface area contributed by atoms with E-state index in [1.54, 1.807) is 0 Å². The van der Waals surface area contributed by atoms with Crippen molar-refractivity contribution < 1.29 is 14.7 Å². The molecule has 0 bridgehead atoms. The Bertz CT molecular complexity index is 407. The van der Waals surface area contributed by atoms with Crippen LogP contribution in [0.25, 0.3) is 0 Å². The number of carboxylic acid groups (broad SMARTS) is 1. The summed E-state index contributed by atoms with van der Waals surface area (Å²) in [7, 11) is 0. The Labute approximate surface area is 117 Å². The largest absolute Gasteiger partial charge is 0.480 e. The quantitative estimate of drug-likeness (QED) is 0.399. The predicted octanol–water partition coefficient (Wildman–Crippen LogP) is -0.296. The highest BCUT2D eigenvalue weighted by atomic mass is 16.4. The molecule has 112 valence electrons. The third kappa shape index (κ3) is 6.19. The van der Waals surface area contributed by atoms with Crippen LogP contribution in [0.5, 0.6) is 0 Å². The van der Waals surface area contributed by atoms with Crippen molar-refractivity contribution in [3.05, 3.63) is 18.2 Å². The van der Waals surface area contributed by atoms with E-state index in [1.807, 2.05) is 6.92 Å². The smallest absolute Gasteiger partial charge is 0.326 e. The monoisotopic (exact) mass is 283 g/mol. The van der Waals surface area contributed by atoms with Gasteiger partial charge in [-0.3, -0.25) is 0 Å². The van der Waals surface area contributed by atoms with Crippen LogP contribution in [-0.4, -0.2) is 52.8 Å². The second-order valence-corrected chi connectivity index (χ2v) is 4.28. The van der Waals surface area contributed by atoms with Crippen LogP contribution < -0.4 is 16.0 Å². The maximum absolute atomic E-state index is 11.6. The van der Waals surface area contributed by atoms with Gasteiger partial charge in [-0.2, -0.15) is 0 Å². The predicted molar refractivity (Wildman–Crippen MR) is 73.4 cm³/mol. The number of hydrogen-bond acceptors (Lipinski definition) is 4. The highest BCUT2D eigenvalue weighted by Crippen LogP contribution is 1.98. The standard InChI is InChI=1S/C12H21N5O3/c1-2-13-4-3-5-15-12(20)17-10(11(18)19)6-9-7-14-8-16-9/h7-8,10,13H,2-6H2,1H3,(H,14,16)(H,18,19)(H2,15,17,20)/t10-/m0/s1. The first-order valence-electron chi connectivity index (χ1n) is 6.58. The lowest BCUT2D eigenvalue weighted by Gasteiger charge is -2.14. The molecule has 0 aliphatic heterocycles. The molecule has 0 saturated heterocycles. The van der Waals surface area contributed by atoms with Crippen LogP contribution in [0.4, 0.5) is 4.79 Å². The number of H-pyrrole nitrogens is 1. The van der Waals surface area contributed by atoms with E-state index in [0.717, 1.165) is 19.5 Å². The number of carboxylic acids is 1. The van der Waals surface area contributed by atoms with E-state index in [4.69, 9.17) is 5.11 Å². The first-order chi connectivity index (χ1) is 9.63. The summed E-state index contributed by atoms with van der Waals surface area (Å²) in [6.45, 7) is 4.20. The zero-order valence-corrected chi connectivity index (χ0v) is 11.5. The van der Waals surface area contributed by atoms with Crippen molar-refractivity contribution in [1.82, 2.24) is 25.9 Å². The fraction of sp³-hybridized carbons (Fsp3) is 0.583. The van der Waals surface area contributed by atoms with Gasteiger partial charge in [0.15, 0.2) is 0 Å². The Balaban J connectivity index is 2.30. The number of carbonyl (C=O) groups is 2. The third-order valence-corrected chi connectivity index (χ3v) is 2.65. The van der Waals surface area contributed by atoms with Crippen LogP contribution in [0.1, 0.15) is 19.0 Å². The van der Waals surface area contributed by atoms with E-state index in [9.17, 15) is 9.59 Å². The third-order valence-electron chi connectivity index (χ3n) is 2.65. The minimum atomic E-state index is -1.08. The summed E-state index contributed by atoms with van der Waals surface area (Å²) < 4.78 is 0. The van der Waals surface area contributed by atoms with Crippen molar-refractivity contribution in [3.63, 3.8) is 0 Å². The van der Waals surface area contributed by atoms with E-state index < -0.39 is 18.0 Å². The van der Waals surface area contributed by atoms with Gasteiger partial charge in [-0.15, -0.1) is 0 Å². The van der Waals surface area contributed by atoms with Crippen LogP contribution in [-0.2, 0) is 11.2 Å². The number of hydrogen-bond donors (Lipinski definition) is 5. The Kier molecular flexibility index (Phi) is 7.12. The number of imidazole rings is 1. The molecule has 2 amide bonds. The number of rotatable bonds is 9. The summed E-state index contributed by atoms with van der Waals surface area (Å²) in [5, 5.41) is 17.3. The Morgan fingerprint density at radius 2 is 2.25 bits per heavy atom. The van der Waals surface area contributed by atoms with Gasteiger partial charge < -0.3 is 26.0 Å². The van der Waals surface area contributed by atoms with E-state index in [1.165, 1.54) is 12.5 Å². The van der Waals surface area contributed by atoms with Gasteiger partial charge in [0.2, 0.25) is 0 Å². The van der Waals surface area contributed by atoms with Crippen LogP contribution >= 0.6 is 0 Å². The number of aromatic nitrogens is 2. The van der Waals surface area contributed by atoms with Gasteiger partial charge in [-0.1, -0.05) is 6.92 Å². The number of amides is 2. The van der Waals surface area contributed by atoms with Crippen molar-refractivity contribution >= 4 is 12.0 Å². The van der Waals surface area contributed by atoms with E-state index >= 15 is 0 Å². The minimum absolute atomic E-state index is 0.167. The molecule has 0 aliphatic rings. The molecule has 1 atom stereocenters. The lowest BCUT2D eigenvalue weighted by atomic mass is 10.2. The van der Waals surface area contributed by atoms with Crippen LogP contribution in [0, 0.1) is 0 Å². The molecular weight excluding hydrogens is 262 g/mol. The van der Waals surface area contributed by atoms with E-state index in [0.29, 0.717) is 12.2 Å². The summed E-state index contributed by atoms with van der Waals surface area (Å²) in [5.41, 5.74) is 0.657. The average molecular weight is 283 g/mol. The lowest BCUT2D eigenvalue weighted by molar-refractivity contribution is -0.139. The van der Waals surface area contributed by atoms with E-state index in [2.05, 4.69) is 25.9 Å². The highest BCUT2D eigenvalue weighted by Gasteiger charge is 2.20. The Morgan fingerprint density at radius 1 is 1.45 bits per heavy atom. The minimum Gasteiger partial charge on any atom is -0.480 e. The van der Waals surface area contributed by atoms with Crippen molar-refractivity contribution in [2.75, 3.05) is 19.6 Å². The van der Waals surface area contributed by atoms with Gasteiger partial charge in [-0.25, -0.2) is 14.6 Å². The lowest BCUT2D eigenvalue weighted by Crippen LogP contribution is -2.47. The van der Waals surface area contributed by atoms with Crippen molar-refractivity contribution in [3.8, 4) is 0 Å². The number of urea groups is 1. The fourth-order valence-corrected chi connectivity index (χ4v) is 1.62. The van der Waals surface area contributed by atoms with Crippen LogP contribution in [0.15, 0.2) is 12.5 Å². The second-order valence-electron chi connectivity index (χ2n) is 4.28. The van der Waals surface area contributed by atoms with Gasteiger partial charge >= 0.3 is 12.0 Å². The van der Waals surface area contributed by atoms with E-state index in [-0.39, 0.29) is 6.42 Å². The van der Waals surface area contributed by atoms with Crippen LogP contribution in [0.2, 0.25) is 0 Å². The molecule has 1 heterocycles. The summed E-state index contributed by atoms with van der Waals surface area (Å²) in [4.78, 5) is 29.3. The highest BCUT2D eigenvalue weighted by molar-refractivity contribution is 5.82. The molecule has 8 nitrogen and oxygen atoms in total. The molecule has 0 fully saturated rings. The fourth-order valence-electron chi connectivity index (χ4n) is 1.62. The van der Waals surface area contributed by atoms with Gasteiger partial charge in [0, 0.05) is 24.9 Å². The maximum atomic E-state index is 11.6. The number of aliphatic carboxylic acids is 1. The molecular formula is C12H21N5O3. The summed E-state index contributed by atoms with van der Waals surface area (Å²) >= 11 is 0.